The van der Waals surface area contributed by atoms with Crippen LogP contribution in [-0.2, 0) is 6.42 Å². The third-order valence-corrected chi connectivity index (χ3v) is 4.09. The van der Waals surface area contributed by atoms with Gasteiger partial charge in [0.25, 0.3) is 0 Å². The van der Waals surface area contributed by atoms with E-state index in [-0.39, 0.29) is 18.0 Å². The van der Waals surface area contributed by atoms with Gasteiger partial charge in [-0.05, 0) is 29.1 Å². The van der Waals surface area contributed by atoms with E-state index in [1.807, 2.05) is 11.4 Å². The third-order valence-electron chi connectivity index (χ3n) is 3.24. The van der Waals surface area contributed by atoms with Crippen LogP contribution in [0.15, 0.2) is 41.9 Å². The lowest BCUT2D eigenvalue weighted by molar-refractivity contribution is 0.0991. The molecule has 0 radical (unpaired) electrons. The molecular weight excluding hydrogens is 289 g/mol. The Balaban J connectivity index is 1.89. The maximum atomic E-state index is 14.1. The van der Waals surface area contributed by atoms with Crippen LogP contribution in [0.3, 0.4) is 0 Å². The van der Waals surface area contributed by atoms with Crippen molar-refractivity contribution in [1.82, 2.24) is 4.98 Å². The van der Waals surface area contributed by atoms with Crippen LogP contribution in [0.2, 0.25) is 0 Å². The molecule has 2 heterocycles. The standard InChI is InChI=1S/C16H12FNO2S/c1-20-14-4-2-3-10(16(14)17)7-13(19)11-8-15-12(18-9-11)5-6-21-15/h2-6,8-9H,7H2,1H3. The minimum atomic E-state index is -0.487. The zero-order chi connectivity index (χ0) is 14.8. The lowest BCUT2D eigenvalue weighted by Crippen LogP contribution is -2.06. The maximum Gasteiger partial charge on any atom is 0.168 e. The van der Waals surface area contributed by atoms with Crippen molar-refractivity contribution in [2.75, 3.05) is 7.11 Å². The molecule has 0 aliphatic heterocycles. The SMILES string of the molecule is COc1cccc(CC(=O)c2cnc3ccsc3c2)c1F. The molecule has 0 aliphatic rings. The number of thiophene rings is 1. The van der Waals surface area contributed by atoms with Crippen LogP contribution in [0.1, 0.15) is 15.9 Å². The number of ether oxygens (including phenoxy) is 1. The number of rotatable bonds is 4. The predicted molar refractivity (Wildman–Crippen MR) is 80.6 cm³/mol. The summed E-state index contributed by atoms with van der Waals surface area (Å²) < 4.78 is 19.9. The van der Waals surface area contributed by atoms with Crippen LogP contribution < -0.4 is 4.74 Å². The van der Waals surface area contributed by atoms with Gasteiger partial charge in [-0.15, -0.1) is 11.3 Å². The summed E-state index contributed by atoms with van der Waals surface area (Å²) in [7, 11) is 1.40. The van der Waals surface area contributed by atoms with Crippen LogP contribution >= 0.6 is 11.3 Å². The van der Waals surface area contributed by atoms with Gasteiger partial charge in [0.2, 0.25) is 0 Å². The third kappa shape index (κ3) is 2.64. The zero-order valence-corrected chi connectivity index (χ0v) is 12.1. The van der Waals surface area contributed by atoms with Gasteiger partial charge in [0.15, 0.2) is 17.3 Å². The Kier molecular flexibility index (Phi) is 3.66. The Morgan fingerprint density at radius 3 is 3.05 bits per heavy atom. The smallest absolute Gasteiger partial charge is 0.168 e. The van der Waals surface area contributed by atoms with E-state index in [0.717, 1.165) is 10.2 Å². The summed E-state index contributed by atoms with van der Waals surface area (Å²) >= 11 is 1.53. The van der Waals surface area contributed by atoms with Gasteiger partial charge in [-0.2, -0.15) is 0 Å². The van der Waals surface area contributed by atoms with Crippen LogP contribution in [0.4, 0.5) is 4.39 Å². The van der Waals surface area contributed by atoms with E-state index in [4.69, 9.17) is 4.74 Å². The molecule has 1 aromatic carbocycles. The first kappa shape index (κ1) is 13.7. The van der Waals surface area contributed by atoms with Crippen LogP contribution in [0, 0.1) is 5.82 Å². The fourth-order valence-corrected chi connectivity index (χ4v) is 2.90. The first-order chi connectivity index (χ1) is 10.2. The summed E-state index contributed by atoms with van der Waals surface area (Å²) in [6, 6.07) is 8.49. The molecule has 2 aromatic heterocycles. The molecule has 0 fully saturated rings. The minimum absolute atomic E-state index is 0.0123. The summed E-state index contributed by atoms with van der Waals surface area (Å²) in [5.74, 6) is -0.504. The van der Waals surface area contributed by atoms with Gasteiger partial charge in [-0.1, -0.05) is 12.1 Å². The van der Waals surface area contributed by atoms with Gasteiger partial charge in [0.1, 0.15) is 0 Å². The summed E-state index contributed by atoms with van der Waals surface area (Å²) in [5.41, 5.74) is 1.68. The van der Waals surface area contributed by atoms with Gasteiger partial charge in [-0.25, -0.2) is 4.39 Å². The number of pyridine rings is 1. The van der Waals surface area contributed by atoms with Crippen molar-refractivity contribution in [3.8, 4) is 5.75 Å². The van der Waals surface area contributed by atoms with Gasteiger partial charge >= 0.3 is 0 Å². The van der Waals surface area contributed by atoms with Gasteiger partial charge in [0.05, 0.1) is 17.3 Å². The first-order valence-corrected chi connectivity index (χ1v) is 7.25. The van der Waals surface area contributed by atoms with Crippen molar-refractivity contribution in [1.29, 1.82) is 0 Å². The second kappa shape index (κ2) is 5.61. The number of carbonyl (C=O) groups excluding carboxylic acids is 1. The molecule has 0 atom stereocenters. The molecule has 0 bridgehead atoms. The van der Waals surface area contributed by atoms with Gasteiger partial charge < -0.3 is 4.74 Å². The molecule has 3 aromatic rings. The fourth-order valence-electron chi connectivity index (χ4n) is 2.12. The summed E-state index contributed by atoms with van der Waals surface area (Å²) in [4.78, 5) is 16.5. The molecule has 0 amide bonds. The molecule has 0 saturated heterocycles. The molecule has 0 N–H and O–H groups in total. The number of ketones is 1. The molecular formula is C16H12FNO2S. The summed E-state index contributed by atoms with van der Waals surface area (Å²) in [6.07, 6.45) is 1.52. The van der Waals surface area contributed by atoms with E-state index in [9.17, 15) is 9.18 Å². The summed E-state index contributed by atoms with van der Waals surface area (Å²) in [5, 5.41) is 1.92. The number of aromatic nitrogens is 1. The maximum absolute atomic E-state index is 14.1. The van der Waals surface area contributed by atoms with E-state index in [2.05, 4.69) is 4.98 Å². The van der Waals surface area contributed by atoms with Crippen LogP contribution in [-0.4, -0.2) is 17.9 Å². The molecule has 106 valence electrons. The van der Waals surface area contributed by atoms with E-state index >= 15 is 0 Å². The average Bonchev–Trinajstić information content (AvgIpc) is 2.96. The van der Waals surface area contributed by atoms with Crippen LogP contribution in [0.25, 0.3) is 10.2 Å². The number of Topliss-reactive ketones (excluding diaryl/α,β-unsaturated/α-hetero) is 1. The highest BCUT2D eigenvalue weighted by Crippen LogP contribution is 2.23. The highest BCUT2D eigenvalue weighted by atomic mass is 32.1. The van der Waals surface area contributed by atoms with Crippen LogP contribution in [0.5, 0.6) is 5.75 Å². The summed E-state index contributed by atoms with van der Waals surface area (Å²) in [6.45, 7) is 0. The second-order valence-corrected chi connectivity index (χ2v) is 5.51. The number of fused-ring (bicyclic) bond motifs is 1. The molecule has 3 nitrogen and oxygen atoms in total. The van der Waals surface area contributed by atoms with Crippen molar-refractivity contribution in [3.63, 3.8) is 0 Å². The molecule has 5 heteroatoms. The van der Waals surface area contributed by atoms with E-state index in [0.29, 0.717) is 11.1 Å². The molecule has 0 unspecified atom stereocenters. The Morgan fingerprint density at radius 1 is 1.38 bits per heavy atom. The second-order valence-electron chi connectivity index (χ2n) is 4.56. The Labute approximate surface area is 125 Å². The average molecular weight is 301 g/mol. The first-order valence-electron chi connectivity index (χ1n) is 6.37. The van der Waals surface area contributed by atoms with E-state index in [1.165, 1.54) is 30.7 Å². The van der Waals surface area contributed by atoms with Crippen molar-refractivity contribution in [2.45, 2.75) is 6.42 Å². The Morgan fingerprint density at radius 2 is 2.24 bits per heavy atom. The molecule has 21 heavy (non-hydrogen) atoms. The van der Waals surface area contributed by atoms with Gasteiger partial charge in [0, 0.05) is 18.2 Å². The lowest BCUT2D eigenvalue weighted by atomic mass is 10.0. The van der Waals surface area contributed by atoms with Gasteiger partial charge in [-0.3, -0.25) is 9.78 Å². The lowest BCUT2D eigenvalue weighted by Gasteiger charge is -2.07. The molecule has 0 spiro atoms. The normalized spacial score (nSPS) is 10.8. The topological polar surface area (TPSA) is 39.2 Å². The quantitative estimate of drug-likeness (QED) is 0.687. The number of halogens is 1. The largest absolute Gasteiger partial charge is 0.494 e. The van der Waals surface area contributed by atoms with E-state index in [1.54, 1.807) is 18.2 Å². The number of benzene rings is 1. The predicted octanol–water partition coefficient (Wildman–Crippen LogP) is 3.87. The highest BCUT2D eigenvalue weighted by Gasteiger charge is 2.14. The van der Waals surface area contributed by atoms with Crippen molar-refractivity contribution >= 4 is 27.3 Å². The Bertz CT molecular complexity index is 813. The molecule has 0 saturated carbocycles. The zero-order valence-electron chi connectivity index (χ0n) is 11.3. The van der Waals surface area contributed by atoms with E-state index < -0.39 is 5.82 Å². The number of nitrogens with zero attached hydrogens (tertiary/aromatic N) is 1. The fraction of sp³-hybridized carbons (Fsp3) is 0.125. The Hall–Kier alpha value is -2.27. The number of methoxy groups -OCH3 is 1. The molecule has 3 rings (SSSR count). The molecule has 0 aliphatic carbocycles. The number of hydrogen-bond acceptors (Lipinski definition) is 4. The monoisotopic (exact) mass is 301 g/mol. The van der Waals surface area contributed by atoms with Crippen molar-refractivity contribution in [2.24, 2.45) is 0 Å². The number of carbonyl (C=O) groups is 1. The van der Waals surface area contributed by atoms with Crippen molar-refractivity contribution < 1.29 is 13.9 Å². The number of hydrogen-bond donors (Lipinski definition) is 0. The van der Waals surface area contributed by atoms with Crippen molar-refractivity contribution in [3.05, 3.63) is 58.9 Å². The minimum Gasteiger partial charge on any atom is -0.494 e. The highest BCUT2D eigenvalue weighted by molar-refractivity contribution is 7.17.